The van der Waals surface area contributed by atoms with Crippen molar-refractivity contribution in [2.24, 2.45) is 0 Å². The Bertz CT molecular complexity index is 1480. The van der Waals surface area contributed by atoms with Gasteiger partial charge in [-0.3, -0.25) is 4.79 Å². The molecule has 1 fully saturated rings. The summed E-state index contributed by atoms with van der Waals surface area (Å²) in [5.74, 6) is -0.147. The normalized spacial score (nSPS) is 19.7. The maximum absolute atomic E-state index is 13.0. The second-order valence-corrected chi connectivity index (χ2v) is 20.8. The summed E-state index contributed by atoms with van der Waals surface area (Å²) in [6.45, 7) is 3.70. The van der Waals surface area contributed by atoms with Crippen molar-refractivity contribution in [3.05, 3.63) is 97.2 Å². The summed E-state index contributed by atoms with van der Waals surface area (Å²) in [5.41, 5.74) is 0. The fourth-order valence-electron chi connectivity index (χ4n) is 9.18. The number of rotatable bonds is 51. The molecule has 0 aromatic rings. The Labute approximate surface area is 453 Å². The molecular formula is C65H113NO8. The molecule has 1 saturated heterocycles. The number of amides is 1. The number of allylic oxidation sites excluding steroid dienone is 16. The average molecular weight is 1040 g/mol. The Morgan fingerprint density at radius 3 is 1.24 bits per heavy atom. The third-order valence-corrected chi connectivity index (χ3v) is 14.0. The van der Waals surface area contributed by atoms with Gasteiger partial charge in [0.15, 0.2) is 6.29 Å². The highest BCUT2D eigenvalue weighted by molar-refractivity contribution is 5.76. The van der Waals surface area contributed by atoms with Gasteiger partial charge in [0.2, 0.25) is 5.91 Å². The summed E-state index contributed by atoms with van der Waals surface area (Å²) in [6, 6.07) is -0.721. The average Bonchev–Trinajstić information content (AvgIpc) is 3.40. The van der Waals surface area contributed by atoms with E-state index in [1.807, 2.05) is 0 Å². The number of hydrogen-bond donors (Lipinski definition) is 6. The molecule has 1 rings (SSSR count). The fourth-order valence-corrected chi connectivity index (χ4v) is 9.18. The first-order valence-corrected chi connectivity index (χ1v) is 30.4. The van der Waals surface area contributed by atoms with E-state index in [0.29, 0.717) is 12.8 Å². The summed E-state index contributed by atoms with van der Waals surface area (Å²) in [6.07, 6.45) is 70.4. The molecule has 6 N–H and O–H groups in total. The second-order valence-electron chi connectivity index (χ2n) is 20.8. The van der Waals surface area contributed by atoms with E-state index in [9.17, 15) is 30.3 Å². The molecule has 7 unspecified atom stereocenters. The summed E-state index contributed by atoms with van der Waals surface area (Å²) in [4.78, 5) is 13.0. The van der Waals surface area contributed by atoms with Crippen LogP contribution in [0.1, 0.15) is 251 Å². The molecule has 1 aliphatic rings. The molecule has 1 aliphatic heterocycles. The monoisotopic (exact) mass is 1040 g/mol. The zero-order valence-electron chi connectivity index (χ0n) is 47.3. The number of aliphatic hydroxyl groups excluding tert-OH is 5. The maximum atomic E-state index is 13.0. The summed E-state index contributed by atoms with van der Waals surface area (Å²) in [5, 5.41) is 54.5. The molecule has 0 aliphatic carbocycles. The van der Waals surface area contributed by atoms with Crippen molar-refractivity contribution in [3.63, 3.8) is 0 Å². The molecule has 0 aromatic heterocycles. The largest absolute Gasteiger partial charge is 0.394 e. The Hall–Kier alpha value is -2.89. The first-order chi connectivity index (χ1) is 36.3. The topological polar surface area (TPSA) is 149 Å². The first-order valence-electron chi connectivity index (χ1n) is 30.4. The second kappa shape index (κ2) is 53.5. The van der Waals surface area contributed by atoms with Crippen LogP contribution in [0, 0.1) is 0 Å². The van der Waals surface area contributed by atoms with Gasteiger partial charge in [-0.15, -0.1) is 0 Å². The molecule has 9 heteroatoms. The Kier molecular flexibility index (Phi) is 50.0. The molecule has 0 spiro atoms. The number of aliphatic hydroxyl groups is 5. The van der Waals surface area contributed by atoms with Crippen LogP contribution in [0.15, 0.2) is 97.2 Å². The smallest absolute Gasteiger partial charge is 0.220 e. The SMILES string of the molecule is CC/C=C\C/C=C\C/C=C\C/C=C\C/C=C\C/C=C\C/C=C\C/C=C\CCCCCCCCCCCCCCCCCCC(=O)NC(COC1OC(CO)C(O)C(O)C1O)C(O)CCCCCCCCCCCC. The molecule has 1 heterocycles. The highest BCUT2D eigenvalue weighted by Gasteiger charge is 2.44. The van der Waals surface area contributed by atoms with Gasteiger partial charge in [0.1, 0.15) is 24.4 Å². The first kappa shape index (κ1) is 69.1. The van der Waals surface area contributed by atoms with E-state index in [1.165, 1.54) is 135 Å². The van der Waals surface area contributed by atoms with Crippen molar-refractivity contribution >= 4 is 5.91 Å². The standard InChI is InChI=1S/C65H113NO8/c1-3-5-7-9-11-13-15-16-17-18-19-20-21-22-23-24-25-26-27-28-29-30-31-32-33-34-35-36-37-38-39-40-41-42-43-44-45-47-49-51-53-55-61(69)66-58(57-73-65-64(72)63(71)62(70)60(56-67)74-65)59(68)54-52-50-48-46-14-12-10-8-6-4-2/h5,7,11,13,16-17,19-20,22-23,25-26,28-29,31-32,58-60,62-65,67-68,70-72H,3-4,6,8-10,12,14-15,18,21,24,27,30,33-57H2,1-2H3,(H,66,69)/b7-5-,13-11-,17-16-,20-19-,23-22-,26-25-,29-28-,32-31-. The van der Waals surface area contributed by atoms with Crippen LogP contribution in [-0.2, 0) is 14.3 Å². The molecule has 0 aromatic carbocycles. The van der Waals surface area contributed by atoms with E-state index < -0.39 is 49.5 Å². The van der Waals surface area contributed by atoms with Crippen LogP contribution in [0.5, 0.6) is 0 Å². The molecule has 1 amide bonds. The van der Waals surface area contributed by atoms with Crippen molar-refractivity contribution in [2.45, 2.75) is 294 Å². The minimum absolute atomic E-state index is 0.140. The van der Waals surface area contributed by atoms with Crippen molar-refractivity contribution in [1.29, 1.82) is 0 Å². The minimum Gasteiger partial charge on any atom is -0.394 e. The molecule has 0 bridgehead atoms. The number of hydrogen-bond acceptors (Lipinski definition) is 8. The lowest BCUT2D eigenvalue weighted by Crippen LogP contribution is -2.60. The van der Waals surface area contributed by atoms with Crippen LogP contribution >= 0.6 is 0 Å². The van der Waals surface area contributed by atoms with Crippen molar-refractivity contribution in [2.75, 3.05) is 13.2 Å². The van der Waals surface area contributed by atoms with E-state index in [2.05, 4.69) is 116 Å². The Morgan fingerprint density at radius 2 is 0.838 bits per heavy atom. The molecule has 74 heavy (non-hydrogen) atoms. The van der Waals surface area contributed by atoms with Crippen molar-refractivity contribution < 1.29 is 39.8 Å². The summed E-state index contributed by atoms with van der Waals surface area (Å²) in [7, 11) is 0. The van der Waals surface area contributed by atoms with Crippen LogP contribution in [0.2, 0.25) is 0 Å². The number of nitrogens with one attached hydrogen (secondary N) is 1. The predicted molar refractivity (Wildman–Crippen MR) is 313 cm³/mol. The van der Waals surface area contributed by atoms with Crippen molar-refractivity contribution in [3.8, 4) is 0 Å². The number of carbonyl (C=O) groups excluding carboxylic acids is 1. The lowest BCUT2D eigenvalue weighted by atomic mass is 9.99. The zero-order valence-corrected chi connectivity index (χ0v) is 47.3. The Morgan fingerprint density at radius 1 is 0.473 bits per heavy atom. The van der Waals surface area contributed by atoms with Crippen molar-refractivity contribution in [1.82, 2.24) is 5.32 Å². The van der Waals surface area contributed by atoms with E-state index in [0.717, 1.165) is 89.9 Å². The quantitative estimate of drug-likeness (QED) is 0.0261. The molecule has 0 saturated carbocycles. The van der Waals surface area contributed by atoms with Crippen LogP contribution < -0.4 is 5.32 Å². The van der Waals surface area contributed by atoms with Gasteiger partial charge in [0, 0.05) is 6.42 Å². The fraction of sp³-hybridized carbons (Fsp3) is 0.738. The van der Waals surface area contributed by atoms with Gasteiger partial charge in [-0.05, 0) is 77.0 Å². The predicted octanol–water partition coefficient (Wildman–Crippen LogP) is 15.6. The van der Waals surface area contributed by atoms with Crippen LogP contribution in [0.4, 0.5) is 0 Å². The van der Waals surface area contributed by atoms with E-state index in [1.54, 1.807) is 0 Å². The highest BCUT2D eigenvalue weighted by Crippen LogP contribution is 2.23. The third-order valence-electron chi connectivity index (χ3n) is 14.0. The summed E-state index contributed by atoms with van der Waals surface area (Å²) < 4.78 is 11.3. The molecule has 9 nitrogen and oxygen atoms in total. The number of ether oxygens (including phenoxy) is 2. The molecular weight excluding hydrogens is 923 g/mol. The molecule has 7 atom stereocenters. The van der Waals surface area contributed by atoms with Crippen LogP contribution in [-0.4, -0.2) is 87.5 Å². The minimum atomic E-state index is -1.55. The zero-order chi connectivity index (χ0) is 53.6. The Balaban J connectivity index is 2.04. The number of unbranched alkanes of at least 4 members (excludes halogenated alkanes) is 25. The van der Waals surface area contributed by atoms with Gasteiger partial charge in [-0.1, -0.05) is 265 Å². The lowest BCUT2D eigenvalue weighted by Gasteiger charge is -2.40. The van der Waals surface area contributed by atoms with E-state index in [-0.39, 0.29) is 12.5 Å². The third kappa shape index (κ3) is 42.2. The van der Waals surface area contributed by atoms with Gasteiger partial charge in [0.25, 0.3) is 0 Å². The van der Waals surface area contributed by atoms with Gasteiger partial charge in [-0.2, -0.15) is 0 Å². The van der Waals surface area contributed by atoms with Crippen LogP contribution in [0.3, 0.4) is 0 Å². The van der Waals surface area contributed by atoms with E-state index in [4.69, 9.17) is 9.47 Å². The number of carbonyl (C=O) groups is 1. The van der Waals surface area contributed by atoms with Gasteiger partial charge >= 0.3 is 0 Å². The maximum Gasteiger partial charge on any atom is 0.220 e. The van der Waals surface area contributed by atoms with Gasteiger partial charge < -0.3 is 40.3 Å². The summed E-state index contributed by atoms with van der Waals surface area (Å²) >= 11 is 0. The molecule has 0 radical (unpaired) electrons. The van der Waals surface area contributed by atoms with E-state index >= 15 is 0 Å². The molecule has 426 valence electrons. The highest BCUT2D eigenvalue weighted by atomic mass is 16.7. The van der Waals surface area contributed by atoms with Crippen LogP contribution in [0.25, 0.3) is 0 Å². The lowest BCUT2D eigenvalue weighted by molar-refractivity contribution is -0.302. The van der Waals surface area contributed by atoms with Gasteiger partial charge in [-0.25, -0.2) is 0 Å². The van der Waals surface area contributed by atoms with Gasteiger partial charge in [0.05, 0.1) is 25.4 Å².